The van der Waals surface area contributed by atoms with Crippen molar-refractivity contribution in [2.75, 3.05) is 13.1 Å². The fourth-order valence-electron chi connectivity index (χ4n) is 4.54. The first kappa shape index (κ1) is 21.2. The number of nitrogens with zero attached hydrogens (tertiary/aromatic N) is 4. The Balaban J connectivity index is 1.33. The number of carbonyl (C=O) groups excluding carboxylic acids is 1. The molecule has 0 radical (unpaired) electrons. The number of para-hydroxylation sites is 1. The number of piperidine rings is 1. The second-order valence-corrected chi connectivity index (χ2v) is 8.17. The molecule has 170 valence electrons. The van der Waals surface area contributed by atoms with E-state index in [9.17, 15) is 22.8 Å². The zero-order chi connectivity index (χ0) is 23.2. The normalized spacial score (nSPS) is 15.4. The summed E-state index contributed by atoms with van der Waals surface area (Å²) >= 11 is 0. The van der Waals surface area contributed by atoms with Gasteiger partial charge in [0, 0.05) is 31.5 Å². The van der Waals surface area contributed by atoms with Crippen molar-refractivity contribution in [3.05, 3.63) is 70.4 Å². The second-order valence-electron chi connectivity index (χ2n) is 8.17. The highest BCUT2D eigenvalue weighted by Gasteiger charge is 2.36. The number of amides is 1. The zero-order valence-electron chi connectivity index (χ0n) is 17.5. The number of aromatic nitrogens is 4. The van der Waals surface area contributed by atoms with Crippen LogP contribution in [0.15, 0.2) is 53.6 Å². The average molecular weight is 455 g/mol. The minimum Gasteiger partial charge on any atom is -0.342 e. The summed E-state index contributed by atoms with van der Waals surface area (Å²) in [5.74, 6) is -0.0704. The number of hydrogen-bond acceptors (Lipinski definition) is 4. The van der Waals surface area contributed by atoms with E-state index >= 15 is 0 Å². The molecule has 1 saturated heterocycles. The Bertz CT molecular complexity index is 1400. The molecule has 4 aromatic rings. The highest BCUT2D eigenvalue weighted by Crippen LogP contribution is 2.36. The minimum absolute atomic E-state index is 0.0704. The van der Waals surface area contributed by atoms with E-state index in [0.29, 0.717) is 31.4 Å². The van der Waals surface area contributed by atoms with E-state index in [-0.39, 0.29) is 23.4 Å². The van der Waals surface area contributed by atoms with Crippen molar-refractivity contribution in [1.82, 2.24) is 24.4 Å². The van der Waals surface area contributed by atoms with E-state index in [2.05, 4.69) is 15.0 Å². The molecule has 2 aromatic heterocycles. The topological polar surface area (TPSA) is 83.9 Å². The Labute approximate surface area is 185 Å². The molecule has 1 fully saturated rings. The number of halogens is 3. The molecule has 0 saturated carbocycles. The van der Waals surface area contributed by atoms with Gasteiger partial charge in [-0.1, -0.05) is 12.1 Å². The molecule has 5 rings (SSSR count). The molecular weight excluding hydrogens is 435 g/mol. The zero-order valence-corrected chi connectivity index (χ0v) is 17.5. The molecule has 3 heterocycles. The van der Waals surface area contributed by atoms with Gasteiger partial charge in [-0.05, 0) is 42.7 Å². The van der Waals surface area contributed by atoms with Gasteiger partial charge in [-0.3, -0.25) is 19.3 Å². The van der Waals surface area contributed by atoms with Crippen LogP contribution in [-0.4, -0.2) is 43.4 Å². The van der Waals surface area contributed by atoms with Crippen LogP contribution >= 0.6 is 0 Å². The summed E-state index contributed by atoms with van der Waals surface area (Å²) in [7, 11) is 0. The van der Waals surface area contributed by atoms with Gasteiger partial charge < -0.3 is 9.88 Å². The van der Waals surface area contributed by atoms with E-state index in [1.165, 1.54) is 16.7 Å². The number of alkyl halides is 3. The van der Waals surface area contributed by atoms with Crippen molar-refractivity contribution in [3.8, 4) is 0 Å². The van der Waals surface area contributed by atoms with Crippen LogP contribution in [0, 0.1) is 0 Å². The van der Waals surface area contributed by atoms with Crippen LogP contribution in [0.5, 0.6) is 0 Å². The predicted octanol–water partition coefficient (Wildman–Crippen LogP) is 3.70. The number of H-pyrrole nitrogens is 1. The number of rotatable bonds is 3. The van der Waals surface area contributed by atoms with Crippen molar-refractivity contribution >= 4 is 28.0 Å². The quantitative estimate of drug-likeness (QED) is 0.511. The van der Waals surface area contributed by atoms with Crippen LogP contribution in [-0.2, 0) is 17.4 Å². The maximum Gasteiger partial charge on any atom is 0.418 e. The lowest BCUT2D eigenvalue weighted by atomic mass is 10.0. The molecule has 7 nitrogen and oxygen atoms in total. The van der Waals surface area contributed by atoms with Gasteiger partial charge in [-0.25, -0.2) is 4.79 Å². The number of carbonyl (C=O) groups is 1. The Kier molecular flexibility index (Phi) is 5.15. The van der Waals surface area contributed by atoms with Crippen molar-refractivity contribution in [2.24, 2.45) is 0 Å². The molecule has 0 spiro atoms. The van der Waals surface area contributed by atoms with Gasteiger partial charge in [0.15, 0.2) is 0 Å². The summed E-state index contributed by atoms with van der Waals surface area (Å²) in [6, 6.07) is 8.80. The monoisotopic (exact) mass is 455 g/mol. The van der Waals surface area contributed by atoms with Gasteiger partial charge >= 0.3 is 11.9 Å². The van der Waals surface area contributed by atoms with Gasteiger partial charge in [0.25, 0.3) is 0 Å². The molecule has 0 unspecified atom stereocenters. The number of aromatic amines is 1. The molecule has 1 amide bonds. The first-order valence-electron chi connectivity index (χ1n) is 10.6. The van der Waals surface area contributed by atoms with E-state index in [1.54, 1.807) is 17.3 Å². The molecule has 0 bridgehead atoms. The van der Waals surface area contributed by atoms with Crippen molar-refractivity contribution in [1.29, 1.82) is 0 Å². The number of hydrogen-bond donors (Lipinski definition) is 1. The first-order valence-corrected chi connectivity index (χ1v) is 10.6. The number of benzene rings is 2. The predicted molar refractivity (Wildman–Crippen MR) is 116 cm³/mol. The molecule has 1 aliphatic heterocycles. The first-order chi connectivity index (χ1) is 15.8. The number of imidazole rings is 1. The third kappa shape index (κ3) is 3.96. The maximum absolute atomic E-state index is 13.6. The highest BCUT2D eigenvalue weighted by molar-refractivity contribution is 5.82. The van der Waals surface area contributed by atoms with Gasteiger partial charge in [0.2, 0.25) is 5.91 Å². The molecule has 1 N–H and O–H groups in total. The van der Waals surface area contributed by atoms with E-state index in [4.69, 9.17) is 0 Å². The van der Waals surface area contributed by atoms with Crippen LogP contribution in [0.25, 0.3) is 22.1 Å². The van der Waals surface area contributed by atoms with E-state index in [1.807, 2.05) is 18.2 Å². The van der Waals surface area contributed by atoms with Crippen LogP contribution in [0.1, 0.15) is 30.0 Å². The Hall–Kier alpha value is -3.69. The Morgan fingerprint density at radius 2 is 1.79 bits per heavy atom. The number of likely N-dealkylation sites (tertiary alicyclic amines) is 1. The SMILES string of the molecule is O=C(Cc1ccc2nccnc2c1)N1CCC(n2c(=O)[nH]c3cccc(C(F)(F)F)c32)CC1. The fraction of sp³-hybridized carbons (Fsp3) is 0.304. The highest BCUT2D eigenvalue weighted by atomic mass is 19.4. The smallest absolute Gasteiger partial charge is 0.342 e. The summed E-state index contributed by atoms with van der Waals surface area (Å²) in [6.07, 6.45) is -0.384. The lowest BCUT2D eigenvalue weighted by molar-refractivity contribution is -0.136. The van der Waals surface area contributed by atoms with E-state index in [0.717, 1.165) is 17.1 Å². The van der Waals surface area contributed by atoms with Crippen molar-refractivity contribution in [2.45, 2.75) is 31.5 Å². The van der Waals surface area contributed by atoms with Crippen LogP contribution in [0.2, 0.25) is 0 Å². The molecule has 0 atom stereocenters. The summed E-state index contributed by atoms with van der Waals surface area (Å²) in [4.78, 5) is 38.1. The number of fused-ring (bicyclic) bond motifs is 2. The second kappa shape index (κ2) is 8.02. The van der Waals surface area contributed by atoms with E-state index < -0.39 is 23.5 Å². The van der Waals surface area contributed by atoms with Gasteiger partial charge in [0.05, 0.1) is 34.1 Å². The van der Waals surface area contributed by atoms with Crippen molar-refractivity contribution < 1.29 is 18.0 Å². The van der Waals surface area contributed by atoms with Crippen LogP contribution < -0.4 is 5.69 Å². The molecule has 1 aliphatic rings. The van der Waals surface area contributed by atoms with Crippen LogP contribution in [0.4, 0.5) is 13.2 Å². The standard InChI is InChI=1S/C23H20F3N5O2/c24-23(25,26)16-2-1-3-18-21(16)31(22(33)29-18)15-6-10-30(11-7-15)20(32)13-14-4-5-17-19(12-14)28-9-8-27-17/h1-5,8-9,12,15H,6-7,10-11,13H2,(H,29,33). The minimum atomic E-state index is -4.57. The summed E-state index contributed by atoms with van der Waals surface area (Å²) in [5, 5.41) is 0. The third-order valence-electron chi connectivity index (χ3n) is 6.11. The van der Waals surface area contributed by atoms with Crippen LogP contribution in [0.3, 0.4) is 0 Å². The van der Waals surface area contributed by atoms with Gasteiger partial charge in [-0.15, -0.1) is 0 Å². The van der Waals surface area contributed by atoms with Crippen molar-refractivity contribution in [3.63, 3.8) is 0 Å². The Morgan fingerprint density at radius 1 is 1.06 bits per heavy atom. The average Bonchev–Trinajstić information content (AvgIpc) is 3.14. The number of nitrogens with one attached hydrogen (secondary N) is 1. The molecular formula is C23H20F3N5O2. The molecule has 2 aromatic carbocycles. The lowest BCUT2D eigenvalue weighted by Gasteiger charge is -2.33. The third-order valence-corrected chi connectivity index (χ3v) is 6.11. The fourth-order valence-corrected chi connectivity index (χ4v) is 4.54. The molecule has 10 heteroatoms. The lowest BCUT2D eigenvalue weighted by Crippen LogP contribution is -2.41. The Morgan fingerprint density at radius 3 is 2.52 bits per heavy atom. The van der Waals surface area contributed by atoms with Gasteiger partial charge in [-0.2, -0.15) is 13.2 Å². The summed E-state index contributed by atoms with van der Waals surface area (Å²) in [5.41, 5.74) is 0.903. The largest absolute Gasteiger partial charge is 0.418 e. The summed E-state index contributed by atoms with van der Waals surface area (Å²) < 4.78 is 41.9. The molecule has 0 aliphatic carbocycles. The summed E-state index contributed by atoms with van der Waals surface area (Å²) in [6.45, 7) is 0.731. The maximum atomic E-state index is 13.6. The van der Waals surface area contributed by atoms with Gasteiger partial charge in [0.1, 0.15) is 0 Å². The molecule has 33 heavy (non-hydrogen) atoms.